The monoisotopic (exact) mass is 384 g/mol. The van der Waals surface area contributed by atoms with Crippen LogP contribution in [0.2, 0.25) is 5.02 Å². The van der Waals surface area contributed by atoms with Gasteiger partial charge in [0.1, 0.15) is 6.10 Å². The SMILES string of the molecule is CN1CC(c2ccc(Cl)cc2)C(C(O)c2cccnc2)=C1C1=CCCS1. The Morgan fingerprint density at radius 3 is 2.73 bits per heavy atom. The summed E-state index contributed by atoms with van der Waals surface area (Å²) in [5.41, 5.74) is 4.24. The summed E-state index contributed by atoms with van der Waals surface area (Å²) in [5, 5.41) is 12.0. The van der Waals surface area contributed by atoms with E-state index in [1.807, 2.05) is 36.0 Å². The van der Waals surface area contributed by atoms with Crippen LogP contribution in [0, 0.1) is 0 Å². The fraction of sp³-hybridized carbons (Fsp3) is 0.286. The molecule has 1 aromatic heterocycles. The molecule has 0 aliphatic carbocycles. The number of halogens is 1. The second kappa shape index (κ2) is 7.47. The zero-order valence-electron chi connectivity index (χ0n) is 14.6. The van der Waals surface area contributed by atoms with Gasteiger partial charge >= 0.3 is 0 Å². The van der Waals surface area contributed by atoms with E-state index in [-0.39, 0.29) is 5.92 Å². The molecule has 0 radical (unpaired) electrons. The molecule has 0 spiro atoms. The van der Waals surface area contributed by atoms with Crippen LogP contribution in [0.4, 0.5) is 0 Å². The number of hydrogen-bond acceptors (Lipinski definition) is 4. The Kier molecular flexibility index (Phi) is 5.07. The van der Waals surface area contributed by atoms with Crippen molar-refractivity contribution in [3.8, 4) is 0 Å². The molecule has 2 atom stereocenters. The van der Waals surface area contributed by atoms with Crippen LogP contribution in [-0.4, -0.2) is 34.3 Å². The minimum atomic E-state index is -0.675. The first-order valence-electron chi connectivity index (χ1n) is 8.77. The zero-order valence-corrected chi connectivity index (χ0v) is 16.2. The first-order chi connectivity index (χ1) is 12.6. The lowest BCUT2D eigenvalue weighted by molar-refractivity contribution is 0.209. The normalized spacial score (nSPS) is 21.3. The molecule has 0 amide bonds. The molecule has 1 aromatic carbocycles. The molecule has 26 heavy (non-hydrogen) atoms. The molecule has 2 aliphatic rings. The highest BCUT2D eigenvalue weighted by molar-refractivity contribution is 8.03. The van der Waals surface area contributed by atoms with E-state index in [9.17, 15) is 5.11 Å². The molecule has 0 bridgehead atoms. The van der Waals surface area contributed by atoms with Gasteiger partial charge < -0.3 is 10.0 Å². The second-order valence-electron chi connectivity index (χ2n) is 6.68. The van der Waals surface area contributed by atoms with E-state index in [0.717, 1.165) is 34.9 Å². The third kappa shape index (κ3) is 3.29. The second-order valence-corrected chi connectivity index (χ2v) is 8.26. The summed E-state index contributed by atoms with van der Waals surface area (Å²) < 4.78 is 0. The molecule has 134 valence electrons. The number of aromatic nitrogens is 1. The number of benzene rings is 1. The van der Waals surface area contributed by atoms with Crippen LogP contribution in [0.15, 0.2) is 71.0 Å². The van der Waals surface area contributed by atoms with Crippen molar-refractivity contribution in [3.05, 3.63) is 87.2 Å². The summed E-state index contributed by atoms with van der Waals surface area (Å²) in [4.78, 5) is 7.75. The van der Waals surface area contributed by atoms with Crippen LogP contribution >= 0.6 is 23.4 Å². The number of pyridine rings is 1. The van der Waals surface area contributed by atoms with Crippen molar-refractivity contribution >= 4 is 23.4 Å². The highest BCUT2D eigenvalue weighted by atomic mass is 35.5. The van der Waals surface area contributed by atoms with E-state index in [1.54, 1.807) is 12.4 Å². The maximum atomic E-state index is 11.3. The molecule has 3 heterocycles. The number of aliphatic hydroxyl groups is 1. The topological polar surface area (TPSA) is 36.4 Å². The maximum Gasteiger partial charge on any atom is 0.105 e. The predicted molar refractivity (Wildman–Crippen MR) is 108 cm³/mol. The molecular formula is C21H21ClN2OS. The Morgan fingerprint density at radius 1 is 1.27 bits per heavy atom. The molecule has 0 saturated carbocycles. The number of likely N-dealkylation sites (N-methyl/N-ethyl adjacent to an activating group) is 1. The van der Waals surface area contributed by atoms with Crippen LogP contribution in [-0.2, 0) is 0 Å². The summed E-state index contributed by atoms with van der Waals surface area (Å²) in [7, 11) is 2.11. The fourth-order valence-corrected chi connectivity index (χ4v) is 5.01. The van der Waals surface area contributed by atoms with E-state index in [1.165, 1.54) is 16.2 Å². The molecular weight excluding hydrogens is 364 g/mol. The Labute approximate surface area is 163 Å². The van der Waals surface area contributed by atoms with E-state index in [0.29, 0.717) is 0 Å². The molecule has 3 nitrogen and oxygen atoms in total. The third-order valence-electron chi connectivity index (χ3n) is 4.99. The fourth-order valence-electron chi connectivity index (χ4n) is 3.78. The van der Waals surface area contributed by atoms with Crippen LogP contribution in [0.25, 0.3) is 0 Å². The van der Waals surface area contributed by atoms with Crippen LogP contribution in [0.1, 0.15) is 29.6 Å². The number of nitrogens with zero attached hydrogens (tertiary/aromatic N) is 2. The average Bonchev–Trinajstić information content (AvgIpc) is 3.30. The Bertz CT molecular complexity index is 848. The van der Waals surface area contributed by atoms with Gasteiger partial charge in [-0.05, 0) is 35.8 Å². The number of thioether (sulfide) groups is 1. The first-order valence-corrected chi connectivity index (χ1v) is 10.1. The van der Waals surface area contributed by atoms with Crippen LogP contribution in [0.3, 0.4) is 0 Å². The van der Waals surface area contributed by atoms with Crippen molar-refractivity contribution in [2.45, 2.75) is 18.4 Å². The molecule has 1 N–H and O–H groups in total. The van der Waals surface area contributed by atoms with Crippen molar-refractivity contribution in [1.29, 1.82) is 0 Å². The van der Waals surface area contributed by atoms with E-state index in [2.05, 4.69) is 35.1 Å². The summed E-state index contributed by atoms with van der Waals surface area (Å²) in [5.74, 6) is 1.23. The van der Waals surface area contributed by atoms with E-state index >= 15 is 0 Å². The van der Waals surface area contributed by atoms with Gasteiger partial charge in [-0.25, -0.2) is 0 Å². The van der Waals surface area contributed by atoms with Gasteiger partial charge in [0.15, 0.2) is 0 Å². The van der Waals surface area contributed by atoms with Crippen molar-refractivity contribution in [2.75, 3.05) is 19.3 Å². The first kappa shape index (κ1) is 17.7. The van der Waals surface area contributed by atoms with Gasteiger partial charge in [-0.2, -0.15) is 0 Å². The predicted octanol–water partition coefficient (Wildman–Crippen LogP) is 4.77. The standard InChI is InChI=1S/C21H21ClN2OS/c1-24-13-17(14-6-8-16(22)9-7-14)19(20(24)18-5-3-11-26-18)21(25)15-4-2-10-23-12-15/h2,4-10,12,17,21,25H,3,11,13H2,1H3. The van der Waals surface area contributed by atoms with Gasteiger partial charge in [-0.1, -0.05) is 35.9 Å². The van der Waals surface area contributed by atoms with E-state index < -0.39 is 6.10 Å². The van der Waals surface area contributed by atoms with Gasteiger partial charge in [0.05, 0.1) is 5.70 Å². The van der Waals surface area contributed by atoms with Crippen molar-refractivity contribution in [3.63, 3.8) is 0 Å². The summed E-state index contributed by atoms with van der Waals surface area (Å²) in [6.45, 7) is 0.849. The summed E-state index contributed by atoms with van der Waals surface area (Å²) in [6, 6.07) is 11.8. The highest BCUT2D eigenvalue weighted by Crippen LogP contribution is 2.47. The van der Waals surface area contributed by atoms with Gasteiger partial charge in [0, 0.05) is 53.1 Å². The average molecular weight is 385 g/mol. The zero-order chi connectivity index (χ0) is 18.1. The Hall–Kier alpha value is -1.75. The molecule has 2 unspecified atom stereocenters. The van der Waals surface area contributed by atoms with Gasteiger partial charge in [-0.15, -0.1) is 11.8 Å². The quantitative estimate of drug-likeness (QED) is 0.823. The number of allylic oxidation sites excluding steroid dienone is 1. The van der Waals surface area contributed by atoms with E-state index in [4.69, 9.17) is 11.6 Å². The number of aliphatic hydroxyl groups excluding tert-OH is 1. The van der Waals surface area contributed by atoms with Gasteiger partial charge in [-0.3, -0.25) is 4.98 Å². The molecule has 5 heteroatoms. The minimum Gasteiger partial charge on any atom is -0.384 e. The summed E-state index contributed by atoms with van der Waals surface area (Å²) >= 11 is 7.95. The van der Waals surface area contributed by atoms with Crippen molar-refractivity contribution < 1.29 is 5.11 Å². The van der Waals surface area contributed by atoms with Crippen LogP contribution < -0.4 is 0 Å². The molecule has 0 fully saturated rings. The number of hydrogen-bond donors (Lipinski definition) is 1. The molecule has 2 aliphatic heterocycles. The third-order valence-corrected chi connectivity index (χ3v) is 6.36. The maximum absolute atomic E-state index is 11.3. The Morgan fingerprint density at radius 2 is 2.08 bits per heavy atom. The Balaban J connectivity index is 1.82. The van der Waals surface area contributed by atoms with Crippen molar-refractivity contribution in [1.82, 2.24) is 9.88 Å². The number of rotatable bonds is 4. The summed E-state index contributed by atoms with van der Waals surface area (Å²) in [6.07, 6.45) is 6.18. The largest absolute Gasteiger partial charge is 0.384 e. The van der Waals surface area contributed by atoms with Crippen molar-refractivity contribution in [2.24, 2.45) is 0 Å². The highest BCUT2D eigenvalue weighted by Gasteiger charge is 2.37. The minimum absolute atomic E-state index is 0.129. The lowest BCUT2D eigenvalue weighted by Gasteiger charge is -2.21. The van der Waals surface area contributed by atoms with Gasteiger partial charge in [0.2, 0.25) is 0 Å². The lowest BCUT2D eigenvalue weighted by Crippen LogP contribution is -2.16. The van der Waals surface area contributed by atoms with Crippen LogP contribution in [0.5, 0.6) is 0 Å². The molecule has 4 rings (SSSR count). The molecule has 2 aromatic rings. The van der Waals surface area contributed by atoms with Gasteiger partial charge in [0.25, 0.3) is 0 Å². The molecule has 0 saturated heterocycles. The smallest absolute Gasteiger partial charge is 0.105 e. The lowest BCUT2D eigenvalue weighted by atomic mass is 9.86.